The molecule has 0 spiro atoms. The Morgan fingerprint density at radius 2 is 1.93 bits per heavy atom. The highest BCUT2D eigenvalue weighted by Gasteiger charge is 2.11. The summed E-state index contributed by atoms with van der Waals surface area (Å²) in [5.41, 5.74) is 0.577. The van der Waals surface area contributed by atoms with E-state index in [1.807, 2.05) is 13.8 Å². The van der Waals surface area contributed by atoms with Crippen LogP contribution in [0.1, 0.15) is 25.3 Å². The van der Waals surface area contributed by atoms with Gasteiger partial charge in [0.2, 0.25) is 0 Å². The fourth-order valence-corrected chi connectivity index (χ4v) is 1.55. The second kappa shape index (κ2) is 2.87. The molecule has 0 amide bonds. The maximum absolute atomic E-state index is 11.5. The number of hydrogen-bond donors (Lipinski definition) is 3. The first kappa shape index (κ1) is 8.80. The van der Waals surface area contributed by atoms with Gasteiger partial charge in [0.25, 0.3) is 5.56 Å². The van der Waals surface area contributed by atoms with Crippen molar-refractivity contribution in [3.8, 4) is 0 Å². The molecule has 74 valence electrons. The summed E-state index contributed by atoms with van der Waals surface area (Å²) in [5.74, 6) is 0.246. The lowest BCUT2D eigenvalue weighted by Crippen LogP contribution is -2.22. The van der Waals surface area contributed by atoms with Crippen LogP contribution in [-0.4, -0.2) is 15.0 Å². The van der Waals surface area contributed by atoms with Crippen molar-refractivity contribution in [3.05, 3.63) is 32.6 Å². The summed E-state index contributed by atoms with van der Waals surface area (Å²) in [5, 5.41) is 0.541. The molecule has 2 aromatic rings. The van der Waals surface area contributed by atoms with Crippen LogP contribution in [0.2, 0.25) is 0 Å². The molecule has 5 heteroatoms. The summed E-state index contributed by atoms with van der Waals surface area (Å²) in [4.78, 5) is 30.1. The van der Waals surface area contributed by atoms with Gasteiger partial charge in [-0.3, -0.25) is 14.8 Å². The van der Waals surface area contributed by atoms with E-state index in [4.69, 9.17) is 0 Å². The second-order valence-electron chi connectivity index (χ2n) is 3.56. The van der Waals surface area contributed by atoms with Crippen molar-refractivity contribution in [1.82, 2.24) is 15.0 Å². The van der Waals surface area contributed by atoms with Gasteiger partial charge in [0.05, 0.1) is 5.39 Å². The van der Waals surface area contributed by atoms with E-state index in [9.17, 15) is 9.59 Å². The Labute approximate surface area is 79.2 Å². The molecule has 0 aliphatic rings. The zero-order chi connectivity index (χ0) is 10.3. The normalized spacial score (nSPS) is 11.4. The molecule has 0 atom stereocenters. The lowest BCUT2D eigenvalue weighted by atomic mass is 10.0. The number of aromatic nitrogens is 3. The Morgan fingerprint density at radius 3 is 2.57 bits per heavy atom. The zero-order valence-corrected chi connectivity index (χ0v) is 7.97. The molecule has 5 nitrogen and oxygen atoms in total. The molecule has 0 radical (unpaired) electrons. The van der Waals surface area contributed by atoms with Crippen LogP contribution in [0.25, 0.3) is 11.0 Å². The maximum Gasteiger partial charge on any atom is 0.327 e. The van der Waals surface area contributed by atoms with E-state index in [2.05, 4.69) is 15.0 Å². The van der Waals surface area contributed by atoms with Crippen LogP contribution in [-0.2, 0) is 0 Å². The van der Waals surface area contributed by atoms with E-state index in [0.717, 1.165) is 5.56 Å². The van der Waals surface area contributed by atoms with E-state index < -0.39 is 5.69 Å². The van der Waals surface area contributed by atoms with Gasteiger partial charge < -0.3 is 4.98 Å². The quantitative estimate of drug-likeness (QED) is 0.622. The predicted molar refractivity (Wildman–Crippen MR) is 53.6 cm³/mol. The summed E-state index contributed by atoms with van der Waals surface area (Å²) < 4.78 is 0. The molecule has 0 aliphatic carbocycles. The summed E-state index contributed by atoms with van der Waals surface area (Å²) in [6.45, 7) is 3.99. The fraction of sp³-hybridized carbons (Fsp3) is 0.333. The molecule has 2 rings (SSSR count). The van der Waals surface area contributed by atoms with E-state index in [-0.39, 0.29) is 11.5 Å². The molecule has 0 fully saturated rings. The molecule has 0 unspecified atom stereocenters. The van der Waals surface area contributed by atoms with Gasteiger partial charge in [0.15, 0.2) is 0 Å². The van der Waals surface area contributed by atoms with Crippen LogP contribution >= 0.6 is 0 Å². The highest BCUT2D eigenvalue weighted by Crippen LogP contribution is 2.19. The first-order valence-corrected chi connectivity index (χ1v) is 4.43. The van der Waals surface area contributed by atoms with Gasteiger partial charge in [-0.1, -0.05) is 13.8 Å². The maximum atomic E-state index is 11.5. The summed E-state index contributed by atoms with van der Waals surface area (Å²) in [6, 6.07) is 0. The number of nitrogens with one attached hydrogen (secondary N) is 3. The van der Waals surface area contributed by atoms with Gasteiger partial charge in [-0.05, 0) is 11.5 Å². The molecule has 2 aromatic heterocycles. The third kappa shape index (κ3) is 1.17. The Hall–Kier alpha value is -1.78. The molecule has 0 saturated heterocycles. The molecule has 14 heavy (non-hydrogen) atoms. The van der Waals surface area contributed by atoms with Gasteiger partial charge in [0.1, 0.15) is 5.65 Å². The van der Waals surface area contributed by atoms with Crippen molar-refractivity contribution in [2.45, 2.75) is 19.8 Å². The van der Waals surface area contributed by atoms with Gasteiger partial charge >= 0.3 is 5.69 Å². The standard InChI is InChI=1S/C9H11N3O2/c1-4(2)5-3-10-7-6(5)8(13)12-9(14)11-7/h3-4H,1-2H3,(H3,10,11,12,13,14). The van der Waals surface area contributed by atoms with E-state index in [1.54, 1.807) is 6.20 Å². The van der Waals surface area contributed by atoms with E-state index in [0.29, 0.717) is 11.0 Å². The topological polar surface area (TPSA) is 81.5 Å². The molecule has 2 heterocycles. The lowest BCUT2D eigenvalue weighted by Gasteiger charge is -1.99. The Morgan fingerprint density at radius 1 is 1.21 bits per heavy atom. The highest BCUT2D eigenvalue weighted by atomic mass is 16.2. The molecular formula is C9H11N3O2. The Bertz CT molecular complexity index is 573. The Kier molecular flexibility index (Phi) is 1.80. The number of rotatable bonds is 1. The van der Waals surface area contributed by atoms with Crippen molar-refractivity contribution in [2.24, 2.45) is 0 Å². The van der Waals surface area contributed by atoms with Crippen LogP contribution in [0, 0.1) is 0 Å². The SMILES string of the molecule is CC(C)c1c[nH]c2[nH]c(=O)[nH]c(=O)c12. The Balaban J connectivity index is 2.93. The molecule has 0 aliphatic heterocycles. The van der Waals surface area contributed by atoms with E-state index >= 15 is 0 Å². The first-order valence-electron chi connectivity index (χ1n) is 4.43. The zero-order valence-electron chi connectivity index (χ0n) is 7.97. The van der Waals surface area contributed by atoms with Crippen molar-refractivity contribution in [1.29, 1.82) is 0 Å². The number of H-pyrrole nitrogens is 3. The van der Waals surface area contributed by atoms with Gasteiger partial charge in [-0.15, -0.1) is 0 Å². The van der Waals surface area contributed by atoms with Crippen molar-refractivity contribution < 1.29 is 0 Å². The first-order chi connectivity index (χ1) is 6.59. The minimum Gasteiger partial charge on any atom is -0.347 e. The van der Waals surface area contributed by atoms with Gasteiger partial charge in [-0.2, -0.15) is 0 Å². The average Bonchev–Trinajstić information content (AvgIpc) is 2.47. The van der Waals surface area contributed by atoms with Crippen LogP contribution in [0.3, 0.4) is 0 Å². The van der Waals surface area contributed by atoms with Crippen LogP contribution in [0.5, 0.6) is 0 Å². The van der Waals surface area contributed by atoms with Gasteiger partial charge in [0, 0.05) is 6.20 Å². The van der Waals surface area contributed by atoms with Crippen LogP contribution in [0.4, 0.5) is 0 Å². The third-order valence-electron chi connectivity index (χ3n) is 2.23. The number of aromatic amines is 3. The van der Waals surface area contributed by atoms with Crippen molar-refractivity contribution in [3.63, 3.8) is 0 Å². The third-order valence-corrected chi connectivity index (χ3v) is 2.23. The second-order valence-corrected chi connectivity index (χ2v) is 3.56. The molecule has 0 saturated carbocycles. The van der Waals surface area contributed by atoms with Gasteiger partial charge in [-0.25, -0.2) is 4.79 Å². The molecule has 0 bridgehead atoms. The number of hydrogen-bond acceptors (Lipinski definition) is 2. The smallest absolute Gasteiger partial charge is 0.327 e. The molecular weight excluding hydrogens is 182 g/mol. The largest absolute Gasteiger partial charge is 0.347 e. The van der Waals surface area contributed by atoms with Crippen molar-refractivity contribution in [2.75, 3.05) is 0 Å². The molecule has 3 N–H and O–H groups in total. The fourth-order valence-electron chi connectivity index (χ4n) is 1.55. The summed E-state index contributed by atoms with van der Waals surface area (Å²) in [6.07, 6.45) is 1.75. The molecule has 0 aromatic carbocycles. The predicted octanol–water partition coefficient (Wildman–Crippen LogP) is 0.668. The van der Waals surface area contributed by atoms with Crippen molar-refractivity contribution >= 4 is 11.0 Å². The van der Waals surface area contributed by atoms with Crippen LogP contribution in [0.15, 0.2) is 15.8 Å². The highest BCUT2D eigenvalue weighted by molar-refractivity contribution is 5.78. The number of fused-ring (bicyclic) bond motifs is 1. The van der Waals surface area contributed by atoms with Crippen LogP contribution < -0.4 is 11.2 Å². The minimum absolute atomic E-state index is 0.246. The average molecular weight is 193 g/mol. The lowest BCUT2D eigenvalue weighted by molar-refractivity contribution is 0.874. The summed E-state index contributed by atoms with van der Waals surface area (Å²) >= 11 is 0. The summed E-state index contributed by atoms with van der Waals surface area (Å²) in [7, 11) is 0. The minimum atomic E-state index is -0.486. The monoisotopic (exact) mass is 193 g/mol. The van der Waals surface area contributed by atoms with E-state index in [1.165, 1.54) is 0 Å².